The third-order valence-corrected chi connectivity index (χ3v) is 7.56. The average molecular weight is 484 g/mol. The van der Waals surface area contributed by atoms with Crippen molar-refractivity contribution < 1.29 is 24.2 Å². The monoisotopic (exact) mass is 483 g/mol. The second kappa shape index (κ2) is 12.4. The van der Waals surface area contributed by atoms with Gasteiger partial charge in [-0.1, -0.05) is 42.5 Å². The number of carboxylic acid groups (broad SMARTS) is 1. The normalized spacial score (nSPS) is 23.6. The van der Waals surface area contributed by atoms with Crippen LogP contribution in [0.4, 0.5) is 0 Å². The second-order valence-corrected chi connectivity index (χ2v) is 9.88. The molecule has 7 heteroatoms. The number of nitrogens with zero attached hydrogens (tertiary/aromatic N) is 1. The van der Waals surface area contributed by atoms with Crippen LogP contribution in [-0.4, -0.2) is 60.2 Å². The molecule has 0 spiro atoms. The molecule has 3 atom stereocenters. The number of aliphatic carboxylic acids is 1. The van der Waals surface area contributed by atoms with E-state index in [9.17, 15) is 9.59 Å². The summed E-state index contributed by atoms with van der Waals surface area (Å²) in [6.45, 7) is 3.36. The first kappa shape index (κ1) is 24.8. The van der Waals surface area contributed by atoms with Gasteiger partial charge in [-0.15, -0.1) is 11.3 Å². The van der Waals surface area contributed by atoms with Crippen LogP contribution in [0.3, 0.4) is 0 Å². The number of carboxylic acids is 1. The van der Waals surface area contributed by atoms with Gasteiger partial charge in [0.25, 0.3) is 0 Å². The number of ether oxygens (including phenoxy) is 2. The minimum absolute atomic E-state index is 0.107. The number of carbonyl (C=O) groups is 2. The molecule has 2 heterocycles. The molecule has 1 aliphatic carbocycles. The van der Waals surface area contributed by atoms with Crippen LogP contribution in [0.1, 0.15) is 37.7 Å². The zero-order valence-corrected chi connectivity index (χ0v) is 20.3. The molecule has 2 aromatic rings. The fourth-order valence-electron chi connectivity index (χ4n) is 4.91. The van der Waals surface area contributed by atoms with E-state index in [0.29, 0.717) is 32.7 Å². The SMILES string of the molecule is O=C(O)CCC=CCCC1C(OCc2ccc(-c3cccs3)cc2)CC(=O)C1N1CCOCC1. The summed E-state index contributed by atoms with van der Waals surface area (Å²) in [6.07, 6.45) is 6.65. The summed E-state index contributed by atoms with van der Waals surface area (Å²) in [7, 11) is 0. The number of hydrogen-bond acceptors (Lipinski definition) is 6. The third kappa shape index (κ3) is 6.63. The Morgan fingerprint density at radius 3 is 2.62 bits per heavy atom. The molecule has 3 unspecified atom stereocenters. The number of rotatable bonds is 11. The van der Waals surface area contributed by atoms with E-state index in [1.165, 1.54) is 10.4 Å². The molecule has 2 fully saturated rings. The van der Waals surface area contributed by atoms with Crippen LogP contribution in [-0.2, 0) is 25.7 Å². The van der Waals surface area contributed by atoms with Crippen molar-refractivity contribution in [2.45, 2.75) is 50.9 Å². The van der Waals surface area contributed by atoms with E-state index in [0.717, 1.165) is 31.5 Å². The number of ketones is 1. The Kier molecular flexibility index (Phi) is 9.04. The first-order chi connectivity index (χ1) is 16.6. The molecule has 1 N–H and O–H groups in total. The van der Waals surface area contributed by atoms with Crippen molar-refractivity contribution in [3.63, 3.8) is 0 Å². The maximum atomic E-state index is 13.0. The molecule has 0 amide bonds. The van der Waals surface area contributed by atoms with E-state index in [1.807, 2.05) is 12.2 Å². The Balaban J connectivity index is 1.38. The lowest BCUT2D eigenvalue weighted by atomic mass is 9.93. The number of allylic oxidation sites excluding steroid dienone is 2. The van der Waals surface area contributed by atoms with Crippen molar-refractivity contribution in [2.24, 2.45) is 5.92 Å². The van der Waals surface area contributed by atoms with Gasteiger partial charge in [-0.2, -0.15) is 0 Å². The smallest absolute Gasteiger partial charge is 0.303 e. The number of benzene rings is 1. The molecule has 34 heavy (non-hydrogen) atoms. The minimum atomic E-state index is -0.782. The Morgan fingerprint density at radius 2 is 1.91 bits per heavy atom. The molecule has 2 aliphatic rings. The third-order valence-electron chi connectivity index (χ3n) is 6.64. The summed E-state index contributed by atoms with van der Waals surface area (Å²) in [5, 5.41) is 10.9. The number of hydrogen-bond donors (Lipinski definition) is 1. The van der Waals surface area contributed by atoms with Crippen LogP contribution in [0.15, 0.2) is 53.9 Å². The molecule has 6 nitrogen and oxygen atoms in total. The van der Waals surface area contributed by atoms with Gasteiger partial charge in [-0.05, 0) is 41.8 Å². The van der Waals surface area contributed by atoms with Crippen molar-refractivity contribution in [2.75, 3.05) is 26.3 Å². The number of thiophene rings is 1. The lowest BCUT2D eigenvalue weighted by molar-refractivity contribution is -0.136. The molecule has 0 radical (unpaired) electrons. The Labute approximate surface area is 205 Å². The molecule has 1 aliphatic heterocycles. The number of morpholine rings is 1. The van der Waals surface area contributed by atoms with Gasteiger partial charge in [-0.3, -0.25) is 14.5 Å². The summed E-state index contributed by atoms with van der Waals surface area (Å²) in [5.41, 5.74) is 2.31. The van der Waals surface area contributed by atoms with Crippen molar-refractivity contribution in [3.8, 4) is 10.4 Å². The van der Waals surface area contributed by atoms with Crippen LogP contribution in [0, 0.1) is 5.92 Å². The van der Waals surface area contributed by atoms with Gasteiger partial charge >= 0.3 is 5.97 Å². The average Bonchev–Trinajstić information content (AvgIpc) is 3.49. The molecule has 0 bridgehead atoms. The van der Waals surface area contributed by atoms with Crippen LogP contribution < -0.4 is 0 Å². The van der Waals surface area contributed by atoms with E-state index in [4.69, 9.17) is 14.6 Å². The summed E-state index contributed by atoms with van der Waals surface area (Å²) in [6, 6.07) is 12.5. The molecule has 1 saturated heterocycles. The fraction of sp³-hybridized carbons (Fsp3) is 0.481. The topological polar surface area (TPSA) is 76.1 Å². The first-order valence-corrected chi connectivity index (χ1v) is 13.0. The Hall–Kier alpha value is -2.32. The van der Waals surface area contributed by atoms with Gasteiger partial charge in [0.15, 0.2) is 5.78 Å². The lowest BCUT2D eigenvalue weighted by Gasteiger charge is -2.35. The highest BCUT2D eigenvalue weighted by Gasteiger charge is 2.45. The Bertz CT molecular complexity index is 950. The van der Waals surface area contributed by atoms with Crippen LogP contribution in [0.5, 0.6) is 0 Å². The molecule has 4 rings (SSSR count). The maximum absolute atomic E-state index is 13.0. The van der Waals surface area contributed by atoms with Crippen LogP contribution in [0.25, 0.3) is 10.4 Å². The standard InChI is InChI=1S/C27H33NO5S/c29-23-18-24(33-19-20-9-11-21(12-10-20)25-7-5-17-34-25)22(6-3-1-2-4-8-26(30)31)27(23)28-13-15-32-16-14-28/h1-2,5,7,9-12,17,22,24,27H,3-4,6,8,13-16,18-19H2,(H,30,31). The summed E-state index contributed by atoms with van der Waals surface area (Å²) in [5.74, 6) is -0.393. The molecular formula is C27H33NO5S. The van der Waals surface area contributed by atoms with Gasteiger partial charge in [-0.25, -0.2) is 0 Å². The van der Waals surface area contributed by atoms with E-state index in [-0.39, 0.29) is 30.3 Å². The van der Waals surface area contributed by atoms with Crippen LogP contribution >= 0.6 is 11.3 Å². The van der Waals surface area contributed by atoms with Crippen LogP contribution in [0.2, 0.25) is 0 Å². The highest BCUT2D eigenvalue weighted by molar-refractivity contribution is 7.13. The van der Waals surface area contributed by atoms with Gasteiger partial charge in [0.1, 0.15) is 0 Å². The summed E-state index contributed by atoms with van der Waals surface area (Å²) < 4.78 is 11.9. The van der Waals surface area contributed by atoms with Crippen molar-refractivity contribution >= 4 is 23.1 Å². The summed E-state index contributed by atoms with van der Waals surface area (Å²) in [4.78, 5) is 27.3. The van der Waals surface area contributed by atoms with E-state index >= 15 is 0 Å². The number of Topliss-reactive ketones (excluding diaryl/α,β-unsaturated/α-hetero) is 1. The van der Waals surface area contributed by atoms with Gasteiger partial charge < -0.3 is 14.6 Å². The predicted octanol–water partition coefficient (Wildman–Crippen LogP) is 4.79. The van der Waals surface area contributed by atoms with Gasteiger partial charge in [0, 0.05) is 36.7 Å². The fourth-order valence-corrected chi connectivity index (χ4v) is 5.64. The Morgan fingerprint density at radius 1 is 1.15 bits per heavy atom. The highest BCUT2D eigenvalue weighted by atomic mass is 32.1. The van der Waals surface area contributed by atoms with Crippen molar-refractivity contribution in [1.82, 2.24) is 4.90 Å². The molecule has 182 valence electrons. The molecule has 1 aromatic heterocycles. The zero-order valence-electron chi connectivity index (χ0n) is 19.4. The predicted molar refractivity (Wildman–Crippen MR) is 133 cm³/mol. The van der Waals surface area contributed by atoms with Crippen molar-refractivity contribution in [1.29, 1.82) is 0 Å². The first-order valence-electron chi connectivity index (χ1n) is 12.1. The molecule has 1 aromatic carbocycles. The van der Waals surface area contributed by atoms with E-state index in [2.05, 4.69) is 46.7 Å². The quantitative estimate of drug-likeness (QED) is 0.463. The van der Waals surface area contributed by atoms with Gasteiger partial charge in [0.05, 0.1) is 32.0 Å². The molecular weight excluding hydrogens is 450 g/mol. The van der Waals surface area contributed by atoms with E-state index in [1.54, 1.807) is 11.3 Å². The summed E-state index contributed by atoms with van der Waals surface area (Å²) >= 11 is 1.73. The largest absolute Gasteiger partial charge is 0.481 e. The lowest BCUT2D eigenvalue weighted by Crippen LogP contribution is -2.49. The van der Waals surface area contributed by atoms with E-state index < -0.39 is 5.97 Å². The zero-order chi connectivity index (χ0) is 23.8. The second-order valence-electron chi connectivity index (χ2n) is 8.93. The number of carbonyl (C=O) groups excluding carboxylic acids is 1. The maximum Gasteiger partial charge on any atom is 0.303 e. The highest BCUT2D eigenvalue weighted by Crippen LogP contribution is 2.35. The minimum Gasteiger partial charge on any atom is -0.481 e. The van der Waals surface area contributed by atoms with Crippen molar-refractivity contribution in [3.05, 3.63) is 59.5 Å². The van der Waals surface area contributed by atoms with Gasteiger partial charge in [0.2, 0.25) is 0 Å². The molecule has 1 saturated carbocycles.